The Labute approximate surface area is 188 Å². The molecule has 0 saturated heterocycles. The van der Waals surface area contributed by atoms with Gasteiger partial charge in [0.15, 0.2) is 0 Å². The van der Waals surface area contributed by atoms with Gasteiger partial charge < -0.3 is 4.98 Å². The monoisotopic (exact) mass is 438 g/mol. The standard InChI is InChI=1S/C25H22N6O2/c32-24-23-29-28-22(13-3-1-2-4-13)30(23)20-10-16-17(9-18(20)27-24)25(33)31-19(16)8-14-7-15(12-5-6-12)11-26-21(14)31/h7,9-13,19H,1-6,8H2,(H,27,32). The molecule has 4 aliphatic rings. The highest BCUT2D eigenvalue weighted by atomic mass is 16.2. The number of anilines is 1. The van der Waals surface area contributed by atoms with E-state index in [1.807, 2.05) is 21.6 Å². The van der Waals surface area contributed by atoms with Crippen molar-refractivity contribution in [3.8, 4) is 0 Å². The van der Waals surface area contributed by atoms with Crippen LogP contribution in [-0.2, 0) is 6.42 Å². The lowest BCUT2D eigenvalue weighted by Gasteiger charge is -2.16. The summed E-state index contributed by atoms with van der Waals surface area (Å²) in [5.41, 5.74) is 5.68. The first-order valence-corrected chi connectivity index (χ1v) is 11.9. The summed E-state index contributed by atoms with van der Waals surface area (Å²) in [6.45, 7) is 0. The molecule has 0 bridgehead atoms. The highest BCUT2D eigenvalue weighted by Gasteiger charge is 2.45. The van der Waals surface area contributed by atoms with Crippen molar-refractivity contribution in [1.82, 2.24) is 24.6 Å². The molecule has 2 saturated carbocycles. The number of hydrogen-bond donors (Lipinski definition) is 1. The Bertz CT molecular complexity index is 1570. The fourth-order valence-electron chi connectivity index (χ4n) is 6.25. The molecule has 1 aromatic carbocycles. The topological polar surface area (TPSA) is 96.2 Å². The molecular formula is C25H22N6O2. The van der Waals surface area contributed by atoms with E-state index in [1.165, 1.54) is 31.2 Å². The summed E-state index contributed by atoms with van der Waals surface area (Å²) >= 11 is 0. The SMILES string of the molecule is O=C1c2cc3[nH]c(=O)c4nnc(C5CCCC5)n4c3cc2C2Cc3cc(C4CC4)cnc3N12. The Morgan fingerprint density at radius 2 is 1.82 bits per heavy atom. The first-order chi connectivity index (χ1) is 16.2. The number of pyridine rings is 1. The molecular weight excluding hydrogens is 416 g/mol. The maximum atomic E-state index is 13.5. The highest BCUT2D eigenvalue weighted by molar-refractivity contribution is 6.13. The van der Waals surface area contributed by atoms with Crippen LogP contribution >= 0.6 is 0 Å². The quantitative estimate of drug-likeness (QED) is 0.514. The molecule has 1 atom stereocenters. The zero-order chi connectivity index (χ0) is 21.8. The van der Waals surface area contributed by atoms with E-state index in [0.29, 0.717) is 28.6 Å². The van der Waals surface area contributed by atoms with Crippen molar-refractivity contribution < 1.29 is 4.79 Å². The van der Waals surface area contributed by atoms with E-state index in [2.05, 4.69) is 27.3 Å². The van der Waals surface area contributed by atoms with E-state index in [4.69, 9.17) is 4.98 Å². The van der Waals surface area contributed by atoms with E-state index < -0.39 is 0 Å². The average molecular weight is 438 g/mol. The molecule has 5 heterocycles. The minimum atomic E-state index is -0.273. The van der Waals surface area contributed by atoms with Gasteiger partial charge in [-0.3, -0.25) is 18.9 Å². The molecule has 1 amide bonds. The molecule has 2 fully saturated rings. The number of nitrogens with one attached hydrogen (secondary N) is 1. The summed E-state index contributed by atoms with van der Waals surface area (Å²) in [7, 11) is 0. The van der Waals surface area contributed by atoms with Gasteiger partial charge in [-0.1, -0.05) is 18.9 Å². The fourth-order valence-corrected chi connectivity index (χ4v) is 6.25. The Morgan fingerprint density at radius 1 is 0.970 bits per heavy atom. The van der Waals surface area contributed by atoms with Crippen LogP contribution in [0.15, 0.2) is 29.2 Å². The Hall–Kier alpha value is -3.55. The maximum absolute atomic E-state index is 13.5. The normalized spacial score (nSPS) is 21.9. The number of aromatic amines is 1. The average Bonchev–Trinajstić information content (AvgIpc) is 3.17. The van der Waals surface area contributed by atoms with Crippen molar-refractivity contribution in [2.45, 2.75) is 62.8 Å². The van der Waals surface area contributed by atoms with E-state index in [1.54, 1.807) is 0 Å². The Balaban J connectivity index is 1.33. The number of carbonyl (C=O) groups excluding carboxylic acids is 1. The molecule has 2 aliphatic heterocycles. The molecule has 4 aromatic rings. The van der Waals surface area contributed by atoms with Crippen LogP contribution in [0.3, 0.4) is 0 Å². The smallest absolute Gasteiger partial charge is 0.294 e. The van der Waals surface area contributed by atoms with Gasteiger partial charge in [-0.15, -0.1) is 10.2 Å². The lowest BCUT2D eigenvalue weighted by atomic mass is 9.98. The lowest BCUT2D eigenvalue weighted by Crippen LogP contribution is -2.24. The zero-order valence-electron chi connectivity index (χ0n) is 18.0. The molecule has 0 radical (unpaired) electrons. The number of rotatable bonds is 2. The van der Waals surface area contributed by atoms with Crippen LogP contribution in [0.25, 0.3) is 16.7 Å². The molecule has 8 rings (SSSR count). The number of carbonyl (C=O) groups is 1. The maximum Gasteiger partial charge on any atom is 0.294 e. The van der Waals surface area contributed by atoms with Gasteiger partial charge in [-0.25, -0.2) is 4.98 Å². The molecule has 0 spiro atoms. The number of benzene rings is 1. The predicted molar refractivity (Wildman–Crippen MR) is 122 cm³/mol. The summed E-state index contributed by atoms with van der Waals surface area (Å²) in [6.07, 6.45) is 9.68. The number of nitrogens with zero attached hydrogens (tertiary/aromatic N) is 5. The Morgan fingerprint density at radius 3 is 2.64 bits per heavy atom. The van der Waals surface area contributed by atoms with Crippen LogP contribution in [0.5, 0.6) is 0 Å². The van der Waals surface area contributed by atoms with Crippen molar-refractivity contribution in [3.63, 3.8) is 0 Å². The van der Waals surface area contributed by atoms with Crippen molar-refractivity contribution in [1.29, 1.82) is 0 Å². The van der Waals surface area contributed by atoms with Crippen molar-refractivity contribution >= 4 is 28.4 Å². The summed E-state index contributed by atoms with van der Waals surface area (Å²) in [5, 5.41) is 8.67. The van der Waals surface area contributed by atoms with Gasteiger partial charge in [0.1, 0.15) is 11.6 Å². The van der Waals surface area contributed by atoms with E-state index in [9.17, 15) is 9.59 Å². The van der Waals surface area contributed by atoms with E-state index in [0.717, 1.165) is 47.5 Å². The number of aromatic nitrogens is 5. The molecule has 2 aliphatic carbocycles. The van der Waals surface area contributed by atoms with Crippen LogP contribution in [0.1, 0.15) is 89.3 Å². The fraction of sp³-hybridized carbons (Fsp3) is 0.400. The van der Waals surface area contributed by atoms with Crippen molar-refractivity contribution in [3.05, 3.63) is 62.8 Å². The second-order valence-electron chi connectivity index (χ2n) is 10.0. The third-order valence-corrected chi connectivity index (χ3v) is 8.04. The van der Waals surface area contributed by atoms with Crippen LogP contribution in [0.4, 0.5) is 5.82 Å². The van der Waals surface area contributed by atoms with Crippen molar-refractivity contribution in [2.75, 3.05) is 4.90 Å². The van der Waals surface area contributed by atoms with Gasteiger partial charge in [0.2, 0.25) is 5.65 Å². The van der Waals surface area contributed by atoms with Crippen molar-refractivity contribution in [2.24, 2.45) is 0 Å². The highest BCUT2D eigenvalue weighted by Crippen LogP contribution is 2.48. The summed E-state index contributed by atoms with van der Waals surface area (Å²) in [5.74, 6) is 2.56. The Kier molecular flexibility index (Phi) is 3.30. The van der Waals surface area contributed by atoms with E-state index >= 15 is 0 Å². The summed E-state index contributed by atoms with van der Waals surface area (Å²) < 4.78 is 1.93. The van der Waals surface area contributed by atoms with Crippen LogP contribution in [0, 0.1) is 0 Å². The molecule has 164 valence electrons. The molecule has 3 aromatic heterocycles. The molecule has 1 unspecified atom stereocenters. The molecule has 8 nitrogen and oxygen atoms in total. The largest absolute Gasteiger partial charge is 0.317 e. The van der Waals surface area contributed by atoms with Gasteiger partial charge in [-0.2, -0.15) is 0 Å². The first-order valence-electron chi connectivity index (χ1n) is 11.9. The van der Waals surface area contributed by atoms with Gasteiger partial charge in [-0.05, 0) is 60.4 Å². The first kappa shape index (κ1) is 17.9. The second-order valence-corrected chi connectivity index (χ2v) is 10.0. The summed E-state index contributed by atoms with van der Waals surface area (Å²) in [6, 6.07) is 6.11. The van der Waals surface area contributed by atoms with Gasteiger partial charge in [0.25, 0.3) is 11.5 Å². The number of amides is 1. The minimum Gasteiger partial charge on any atom is -0.317 e. The number of fused-ring (bicyclic) bond motifs is 8. The van der Waals surface area contributed by atoms with E-state index in [-0.39, 0.29) is 17.5 Å². The predicted octanol–water partition coefficient (Wildman–Crippen LogP) is 3.76. The molecule has 1 N–H and O–H groups in total. The second kappa shape index (κ2) is 6.07. The van der Waals surface area contributed by atoms with Gasteiger partial charge in [0, 0.05) is 24.1 Å². The lowest BCUT2D eigenvalue weighted by molar-refractivity contribution is 0.0993. The van der Waals surface area contributed by atoms with Gasteiger partial charge in [0.05, 0.1) is 17.1 Å². The molecule has 8 heteroatoms. The summed E-state index contributed by atoms with van der Waals surface area (Å²) in [4.78, 5) is 35.7. The number of hydrogen-bond acceptors (Lipinski definition) is 5. The van der Waals surface area contributed by atoms with Crippen LogP contribution < -0.4 is 10.5 Å². The minimum absolute atomic E-state index is 0.0389. The number of H-pyrrole nitrogens is 1. The molecule has 33 heavy (non-hydrogen) atoms. The third kappa shape index (κ3) is 2.33. The third-order valence-electron chi connectivity index (χ3n) is 8.04. The van der Waals surface area contributed by atoms with Gasteiger partial charge >= 0.3 is 0 Å². The van der Waals surface area contributed by atoms with Crippen LogP contribution in [0.2, 0.25) is 0 Å². The zero-order valence-corrected chi connectivity index (χ0v) is 18.0. The van der Waals surface area contributed by atoms with Crippen LogP contribution in [-0.4, -0.2) is 30.5 Å².